The van der Waals surface area contributed by atoms with Crippen molar-refractivity contribution in [3.05, 3.63) is 419 Å². The third kappa shape index (κ3) is 22.5. The van der Waals surface area contributed by atoms with Crippen LogP contribution in [-0.4, -0.2) is 117 Å². The summed E-state index contributed by atoms with van der Waals surface area (Å²) in [6.07, 6.45) is 5.19. The normalized spacial score (nSPS) is 12.3. The Balaban J connectivity index is 0.000000122. The van der Waals surface area contributed by atoms with E-state index in [0.29, 0.717) is 78.7 Å². The SMILES string of the molecule is CC1(C)OB(c2ccc(-c3cc(-c4ccc(-c5ccccc5)cc4)nc(-c4ccccc4)n3)cc2)OC1(C)C.Clc1nc(-c2ccc(-c3cc(-c4ccc(-c5ccccc5)cc4)nc(-c4ccccc4)n3)cc2)c2oc3ncc(-c4ccccc4)cc3c2n1.Clc1nc(Cl)c2oc3ncc(-c4ccccc4)cc3c2n1.Clc1nc(Cl)c2oc3ncc(Br)cc3c2n1.OB(O)c1ccccc1.OB(O)c1ccccc1. The number of pyridine rings is 3. The van der Waals surface area contributed by atoms with Gasteiger partial charge >= 0.3 is 21.4 Å². The average molecular weight is 2050 g/mol. The molecule has 0 saturated carbocycles. The molecule has 24 rings (SSSR count). The van der Waals surface area contributed by atoms with Gasteiger partial charge < -0.3 is 42.7 Å². The fourth-order valence-corrected chi connectivity index (χ4v) is 17.2. The number of benzene rings is 12. The van der Waals surface area contributed by atoms with Crippen molar-refractivity contribution in [1.29, 1.82) is 0 Å². The lowest BCUT2D eigenvalue weighted by Gasteiger charge is -2.32. The fraction of sp³-hybridized carbons (Fsp3) is 0.0531. The van der Waals surface area contributed by atoms with Crippen LogP contribution >= 0.6 is 73.9 Å². The van der Waals surface area contributed by atoms with Crippen LogP contribution in [0, 0.1) is 0 Å². The van der Waals surface area contributed by atoms with Crippen molar-refractivity contribution >= 4 is 178 Å². The minimum absolute atomic E-state index is 0.0835. The molecule has 22 nitrogen and oxygen atoms in total. The zero-order valence-electron chi connectivity index (χ0n) is 77.1. The van der Waals surface area contributed by atoms with Crippen molar-refractivity contribution < 1.29 is 42.7 Å². The van der Waals surface area contributed by atoms with Gasteiger partial charge in [0.25, 0.3) is 0 Å². The van der Waals surface area contributed by atoms with E-state index in [1.54, 1.807) is 67.1 Å². The van der Waals surface area contributed by atoms with Crippen molar-refractivity contribution in [3.63, 3.8) is 0 Å². The van der Waals surface area contributed by atoms with E-state index in [2.05, 4.69) is 216 Å². The highest BCUT2D eigenvalue weighted by molar-refractivity contribution is 9.10. The van der Waals surface area contributed by atoms with Crippen molar-refractivity contribution in [3.8, 4) is 124 Å². The second-order valence-corrected chi connectivity index (χ2v) is 36.7. The number of hydrogen-bond acceptors (Lipinski definition) is 22. The van der Waals surface area contributed by atoms with E-state index in [0.717, 1.165) is 116 Å². The van der Waals surface area contributed by atoms with Gasteiger partial charge in [0.15, 0.2) is 38.7 Å². The predicted octanol–water partition coefficient (Wildman–Crippen LogP) is 26.0. The molecule has 0 amide bonds. The van der Waals surface area contributed by atoms with Crippen LogP contribution in [-0.2, 0) is 9.31 Å². The first-order valence-electron chi connectivity index (χ1n) is 45.4. The molecule has 1 aliphatic rings. The standard InChI is InChI=1S/C43H26ClN5O.C34H31BN2O2.C15H7Cl2N3O.C9H2BrCl2N3O.2C6H7BO2/c44-43-48-38(40-39(49-43)35-24-34(26-45-42(35)50-40)28-12-6-2-7-13-28)32-22-20-31(21-23-32)37-25-36(46-41(47-37)33-14-8-3-9-15-33)30-18-16-29(17-19-30)27-10-4-1-5-11-27;1-33(2)34(3,4)39-35(38-33)29-21-19-27(20-22-29)31-23-30(36-32(37-31)28-13-9-6-10-14-28)26-17-15-25(16-18-26)24-11-7-5-8-12-24;16-13-12-11(19-15(17)20-13)10-6-9(7-18-14(10)21-12)8-4-2-1-3-5-8;10-3-1-4-5-6(16-8(4)13-2-3)7(11)15-9(12)14-5;2*8-7(9)6-4-2-1-3-5-6/h1-26H;5-23H,1-4H3;1-7H;1-2H;2*1-5,8-9H. The maximum Gasteiger partial charge on any atom is 0.494 e. The highest BCUT2D eigenvalue weighted by Crippen LogP contribution is 2.42. The van der Waals surface area contributed by atoms with E-state index < -0.39 is 21.4 Å². The summed E-state index contributed by atoms with van der Waals surface area (Å²) < 4.78 is 30.6. The van der Waals surface area contributed by atoms with E-state index in [4.69, 9.17) is 121 Å². The molecule has 0 spiro atoms. The molecule has 0 unspecified atom stereocenters. The zero-order valence-corrected chi connectivity index (χ0v) is 82.5. The number of nitrogens with zero attached hydrogens (tertiary/aromatic N) is 13. The highest BCUT2D eigenvalue weighted by atomic mass is 79.9. The monoisotopic (exact) mass is 2050 g/mol. The quantitative estimate of drug-likeness (QED) is 0.0446. The summed E-state index contributed by atoms with van der Waals surface area (Å²) in [7, 11) is -3.08. The summed E-state index contributed by atoms with van der Waals surface area (Å²) in [6, 6.07) is 122. The van der Waals surface area contributed by atoms with Crippen LogP contribution in [0.25, 0.3) is 190 Å². The molecule has 144 heavy (non-hydrogen) atoms. The molecule has 0 bridgehead atoms. The average Bonchev–Trinajstić information content (AvgIpc) is 1.60. The molecule has 4 N–H and O–H groups in total. The minimum atomic E-state index is -1.34. The van der Waals surface area contributed by atoms with Crippen LogP contribution in [0.1, 0.15) is 27.7 Å². The predicted molar refractivity (Wildman–Crippen MR) is 580 cm³/mol. The number of halogens is 6. The summed E-state index contributed by atoms with van der Waals surface area (Å²) in [6.45, 7) is 8.28. The third-order valence-electron chi connectivity index (χ3n) is 24.0. The van der Waals surface area contributed by atoms with Crippen molar-refractivity contribution in [2.24, 2.45) is 0 Å². The van der Waals surface area contributed by atoms with Gasteiger partial charge in [-0.1, -0.05) is 363 Å². The Morgan fingerprint density at radius 1 is 0.271 bits per heavy atom. The summed E-state index contributed by atoms with van der Waals surface area (Å²) in [4.78, 5) is 58.1. The van der Waals surface area contributed by atoms with Gasteiger partial charge in [-0.25, -0.2) is 64.8 Å². The molecule has 11 aromatic heterocycles. The summed E-state index contributed by atoms with van der Waals surface area (Å²) in [5.74, 6) is 1.36. The molecule has 12 heterocycles. The topological polar surface area (TPSA) is 306 Å². The zero-order chi connectivity index (χ0) is 99.5. The third-order valence-corrected chi connectivity index (χ3v) is 25.5. The van der Waals surface area contributed by atoms with Crippen LogP contribution in [0.15, 0.2) is 406 Å². The Morgan fingerprint density at radius 3 is 0.882 bits per heavy atom. The van der Waals surface area contributed by atoms with Gasteiger partial charge in [0.2, 0.25) is 33.0 Å². The number of rotatable bonds is 14. The molecule has 1 saturated heterocycles. The van der Waals surface area contributed by atoms with Gasteiger partial charge in [-0.2, -0.15) is 0 Å². The molecule has 702 valence electrons. The smallest absolute Gasteiger partial charge is 0.434 e. The largest absolute Gasteiger partial charge is 0.494 e. The van der Waals surface area contributed by atoms with E-state index in [9.17, 15) is 0 Å². The lowest BCUT2D eigenvalue weighted by Crippen LogP contribution is -2.41. The van der Waals surface area contributed by atoms with E-state index in [1.807, 2.05) is 194 Å². The molecule has 0 radical (unpaired) electrons. The molecular weight excluding hydrogens is 1970 g/mol. The first-order valence-corrected chi connectivity index (χ1v) is 48.1. The summed E-state index contributed by atoms with van der Waals surface area (Å²) in [5.41, 5.74) is 25.3. The summed E-state index contributed by atoms with van der Waals surface area (Å²) >= 11 is 33.4. The van der Waals surface area contributed by atoms with Crippen molar-refractivity contribution in [2.75, 3.05) is 0 Å². The highest BCUT2D eigenvalue weighted by Gasteiger charge is 2.52. The molecule has 1 fully saturated rings. The van der Waals surface area contributed by atoms with E-state index in [-0.39, 0.29) is 37.4 Å². The van der Waals surface area contributed by atoms with Crippen LogP contribution in [0.4, 0.5) is 0 Å². The van der Waals surface area contributed by atoms with Gasteiger partial charge in [-0.05, 0) is 159 Å². The number of fused-ring (bicyclic) bond motifs is 9. The molecule has 31 heteroatoms. The Kier molecular flexibility index (Phi) is 29.6. The van der Waals surface area contributed by atoms with Crippen LogP contribution < -0.4 is 16.4 Å². The van der Waals surface area contributed by atoms with E-state index >= 15 is 0 Å². The van der Waals surface area contributed by atoms with Crippen molar-refractivity contribution in [2.45, 2.75) is 38.9 Å². The maximum atomic E-state index is 8.58. The molecule has 12 aromatic carbocycles. The fourth-order valence-electron chi connectivity index (χ4n) is 15.9. The summed E-state index contributed by atoms with van der Waals surface area (Å²) in [5, 5.41) is 37.3. The lowest BCUT2D eigenvalue weighted by atomic mass is 9.79. The maximum absolute atomic E-state index is 8.58. The Bertz CT molecular complexity index is 8410. The van der Waals surface area contributed by atoms with Crippen LogP contribution in [0.5, 0.6) is 0 Å². The van der Waals surface area contributed by atoms with Crippen molar-refractivity contribution in [1.82, 2.24) is 64.8 Å². The number of hydrogen-bond donors (Lipinski definition) is 4. The second-order valence-electron chi connectivity index (χ2n) is 34.0. The van der Waals surface area contributed by atoms with Gasteiger partial charge in [0.05, 0.1) is 50.1 Å². The molecule has 0 aliphatic carbocycles. The number of aromatic nitrogens is 13. The minimum Gasteiger partial charge on any atom is -0.434 e. The van der Waals surface area contributed by atoms with Gasteiger partial charge in [-0.15, -0.1) is 0 Å². The van der Waals surface area contributed by atoms with Gasteiger partial charge in [-0.3, -0.25) is 0 Å². The number of furan rings is 3. The second kappa shape index (κ2) is 43.7. The Morgan fingerprint density at radius 2 is 0.542 bits per heavy atom. The first kappa shape index (κ1) is 97.6. The first-order chi connectivity index (χ1) is 69.9. The van der Waals surface area contributed by atoms with Gasteiger partial charge in [0, 0.05) is 73.1 Å². The van der Waals surface area contributed by atoms with Crippen LogP contribution in [0.2, 0.25) is 26.2 Å². The molecular formula is C113H80B3BrCl5N13O9. The molecule has 0 atom stereocenters. The van der Waals surface area contributed by atoms with Crippen LogP contribution in [0.3, 0.4) is 0 Å². The molecule has 1 aliphatic heterocycles. The lowest BCUT2D eigenvalue weighted by molar-refractivity contribution is 0.00578. The van der Waals surface area contributed by atoms with Gasteiger partial charge in [0.1, 0.15) is 22.2 Å². The Labute approximate surface area is 860 Å². The molecule has 23 aromatic rings. The van der Waals surface area contributed by atoms with E-state index in [1.165, 1.54) is 16.7 Å². The Hall–Kier alpha value is -15.2.